The van der Waals surface area contributed by atoms with E-state index in [1.54, 1.807) is 12.4 Å². The molecule has 0 unspecified atom stereocenters. The van der Waals surface area contributed by atoms with Gasteiger partial charge in [-0.25, -0.2) is 9.97 Å². The Morgan fingerprint density at radius 1 is 1.16 bits per heavy atom. The first-order valence-electron chi connectivity index (χ1n) is 5.62. The van der Waals surface area contributed by atoms with Crippen molar-refractivity contribution >= 4 is 16.3 Å². The summed E-state index contributed by atoms with van der Waals surface area (Å²) in [5.74, 6) is 1.19. The van der Waals surface area contributed by atoms with Gasteiger partial charge in [-0.05, 0) is 25.5 Å². The minimum absolute atomic E-state index is 0.359. The van der Waals surface area contributed by atoms with E-state index in [1.165, 1.54) is 11.3 Å². The maximum Gasteiger partial charge on any atom is 0.261 e. The molecule has 3 rings (SSSR count). The number of hydrogen-bond donors (Lipinski definition) is 1. The number of nitrogen functional groups attached to an aromatic ring is 1. The van der Waals surface area contributed by atoms with Crippen molar-refractivity contribution < 1.29 is 4.52 Å². The van der Waals surface area contributed by atoms with Gasteiger partial charge >= 0.3 is 0 Å². The highest BCUT2D eigenvalue weighted by atomic mass is 32.1. The van der Waals surface area contributed by atoms with Gasteiger partial charge in [0, 0.05) is 17.3 Å². The molecular formula is C12H11N5OS. The van der Waals surface area contributed by atoms with Gasteiger partial charge in [0.25, 0.3) is 5.89 Å². The lowest BCUT2D eigenvalue weighted by Crippen LogP contribution is -1.91. The van der Waals surface area contributed by atoms with Crippen molar-refractivity contribution in [2.24, 2.45) is 0 Å². The minimum Gasteiger partial charge on any atom is -0.390 e. The summed E-state index contributed by atoms with van der Waals surface area (Å²) in [6.07, 6.45) is 3.42. The van der Waals surface area contributed by atoms with Crippen LogP contribution in [-0.4, -0.2) is 20.1 Å². The lowest BCUT2D eigenvalue weighted by atomic mass is 10.3. The van der Waals surface area contributed by atoms with Crippen molar-refractivity contribution in [1.82, 2.24) is 20.1 Å². The fraction of sp³-hybridized carbons (Fsp3) is 0.167. The molecule has 0 aliphatic heterocycles. The smallest absolute Gasteiger partial charge is 0.261 e. The molecule has 0 aliphatic carbocycles. The molecule has 3 heterocycles. The van der Waals surface area contributed by atoms with Gasteiger partial charge in [0.2, 0.25) is 11.6 Å². The molecule has 3 aromatic rings. The molecule has 2 N–H and O–H groups in total. The summed E-state index contributed by atoms with van der Waals surface area (Å²) in [5, 5.41) is 4.55. The molecule has 0 saturated carbocycles. The van der Waals surface area contributed by atoms with Crippen LogP contribution in [0.1, 0.15) is 10.4 Å². The van der Waals surface area contributed by atoms with E-state index >= 15 is 0 Å². The van der Waals surface area contributed by atoms with Crippen LogP contribution in [-0.2, 0) is 0 Å². The SMILES string of the molecule is Cc1cnc(-c2noc(-c3cc(C)sc3N)n2)nc1. The third-order valence-electron chi connectivity index (χ3n) is 2.52. The van der Waals surface area contributed by atoms with E-state index in [4.69, 9.17) is 10.3 Å². The van der Waals surface area contributed by atoms with Crippen molar-refractivity contribution in [3.8, 4) is 23.1 Å². The number of thiophene rings is 1. The lowest BCUT2D eigenvalue weighted by molar-refractivity contribution is 0.432. The van der Waals surface area contributed by atoms with Crippen LogP contribution in [0, 0.1) is 13.8 Å². The van der Waals surface area contributed by atoms with Crippen LogP contribution in [0.4, 0.5) is 5.00 Å². The van der Waals surface area contributed by atoms with Crippen molar-refractivity contribution in [3.63, 3.8) is 0 Å². The summed E-state index contributed by atoms with van der Waals surface area (Å²) in [4.78, 5) is 13.7. The Kier molecular flexibility index (Phi) is 2.75. The maximum absolute atomic E-state index is 5.90. The molecule has 6 nitrogen and oxygen atoms in total. The Balaban J connectivity index is 1.99. The summed E-state index contributed by atoms with van der Waals surface area (Å²) in [6, 6.07) is 1.92. The zero-order chi connectivity index (χ0) is 13.4. The molecule has 0 aromatic carbocycles. The predicted molar refractivity (Wildman–Crippen MR) is 72.5 cm³/mol. The number of nitrogens with two attached hydrogens (primary N) is 1. The quantitative estimate of drug-likeness (QED) is 0.771. The number of hydrogen-bond acceptors (Lipinski definition) is 7. The maximum atomic E-state index is 5.90. The van der Waals surface area contributed by atoms with Crippen LogP contribution in [0.5, 0.6) is 0 Å². The predicted octanol–water partition coefficient (Wildman–Crippen LogP) is 2.45. The molecule has 0 spiro atoms. The van der Waals surface area contributed by atoms with Crippen molar-refractivity contribution in [1.29, 1.82) is 0 Å². The standard InChI is InChI=1S/C12H11N5OS/c1-6-4-14-10(15-5-6)11-16-12(18-17-11)8-3-7(2)19-9(8)13/h3-5H,13H2,1-2H3. The van der Waals surface area contributed by atoms with Crippen molar-refractivity contribution in [2.75, 3.05) is 5.73 Å². The van der Waals surface area contributed by atoms with Gasteiger partial charge in [-0.3, -0.25) is 0 Å². The second kappa shape index (κ2) is 4.43. The first-order chi connectivity index (χ1) is 9.13. The fourth-order valence-electron chi connectivity index (χ4n) is 1.63. The lowest BCUT2D eigenvalue weighted by Gasteiger charge is -1.92. The summed E-state index contributed by atoms with van der Waals surface area (Å²) in [7, 11) is 0. The van der Waals surface area contributed by atoms with Gasteiger partial charge in [-0.15, -0.1) is 11.3 Å². The number of aromatic nitrogens is 4. The zero-order valence-electron chi connectivity index (χ0n) is 10.4. The molecule has 19 heavy (non-hydrogen) atoms. The Labute approximate surface area is 113 Å². The highest BCUT2D eigenvalue weighted by Crippen LogP contribution is 2.32. The van der Waals surface area contributed by atoms with E-state index in [0.29, 0.717) is 22.5 Å². The van der Waals surface area contributed by atoms with E-state index in [2.05, 4.69) is 20.1 Å². The van der Waals surface area contributed by atoms with Gasteiger partial charge in [0.1, 0.15) is 0 Å². The van der Waals surface area contributed by atoms with Crippen LogP contribution in [0.25, 0.3) is 23.1 Å². The van der Waals surface area contributed by atoms with Crippen LogP contribution < -0.4 is 5.73 Å². The van der Waals surface area contributed by atoms with Crippen LogP contribution in [0.2, 0.25) is 0 Å². The summed E-state index contributed by atoms with van der Waals surface area (Å²) < 4.78 is 5.22. The molecular weight excluding hydrogens is 262 g/mol. The number of aryl methyl sites for hydroxylation is 2. The molecule has 0 atom stereocenters. The van der Waals surface area contributed by atoms with E-state index in [-0.39, 0.29) is 0 Å². The zero-order valence-corrected chi connectivity index (χ0v) is 11.2. The van der Waals surface area contributed by atoms with Gasteiger partial charge in [-0.1, -0.05) is 5.16 Å². The molecule has 0 saturated heterocycles. The second-order valence-electron chi connectivity index (χ2n) is 4.14. The molecule has 7 heteroatoms. The Morgan fingerprint density at radius 2 is 1.89 bits per heavy atom. The third kappa shape index (κ3) is 2.19. The van der Waals surface area contributed by atoms with Crippen molar-refractivity contribution in [3.05, 3.63) is 28.9 Å². The number of anilines is 1. The van der Waals surface area contributed by atoms with Gasteiger partial charge in [-0.2, -0.15) is 4.98 Å². The third-order valence-corrected chi connectivity index (χ3v) is 3.40. The van der Waals surface area contributed by atoms with Crippen LogP contribution >= 0.6 is 11.3 Å². The van der Waals surface area contributed by atoms with Crippen LogP contribution in [0.3, 0.4) is 0 Å². The summed E-state index contributed by atoms with van der Waals surface area (Å²) in [5.41, 5.74) is 7.64. The average molecular weight is 273 g/mol. The van der Waals surface area contributed by atoms with E-state index in [0.717, 1.165) is 16.0 Å². The molecule has 0 radical (unpaired) electrons. The topological polar surface area (TPSA) is 90.7 Å². The monoisotopic (exact) mass is 273 g/mol. The Bertz CT molecular complexity index is 716. The van der Waals surface area contributed by atoms with Crippen molar-refractivity contribution in [2.45, 2.75) is 13.8 Å². The van der Waals surface area contributed by atoms with E-state index in [1.807, 2.05) is 19.9 Å². The molecule has 0 fully saturated rings. The minimum atomic E-state index is 0.359. The highest BCUT2D eigenvalue weighted by molar-refractivity contribution is 7.16. The first kappa shape index (κ1) is 11.8. The Hall–Kier alpha value is -2.28. The Morgan fingerprint density at radius 3 is 2.53 bits per heavy atom. The highest BCUT2D eigenvalue weighted by Gasteiger charge is 2.16. The van der Waals surface area contributed by atoms with Crippen LogP contribution in [0.15, 0.2) is 23.0 Å². The normalized spacial score (nSPS) is 10.8. The van der Waals surface area contributed by atoms with E-state index < -0.39 is 0 Å². The summed E-state index contributed by atoms with van der Waals surface area (Å²) >= 11 is 1.49. The van der Waals surface area contributed by atoms with Gasteiger partial charge < -0.3 is 10.3 Å². The van der Waals surface area contributed by atoms with E-state index in [9.17, 15) is 0 Å². The van der Waals surface area contributed by atoms with Gasteiger partial charge in [0.15, 0.2) is 0 Å². The number of rotatable bonds is 2. The average Bonchev–Trinajstić information content (AvgIpc) is 2.97. The molecule has 0 aliphatic rings. The molecule has 3 aromatic heterocycles. The molecule has 96 valence electrons. The summed E-state index contributed by atoms with van der Waals surface area (Å²) in [6.45, 7) is 3.89. The fourth-order valence-corrected chi connectivity index (χ4v) is 2.41. The van der Waals surface area contributed by atoms with Gasteiger partial charge in [0.05, 0.1) is 10.6 Å². The largest absolute Gasteiger partial charge is 0.390 e. The number of nitrogens with zero attached hydrogens (tertiary/aromatic N) is 4. The molecule has 0 bridgehead atoms. The first-order valence-corrected chi connectivity index (χ1v) is 6.44. The molecule has 0 amide bonds. The second-order valence-corrected chi connectivity index (χ2v) is 5.43.